The molecule has 0 saturated heterocycles. The van der Waals surface area contributed by atoms with E-state index in [1.54, 1.807) is 18.2 Å². The molecule has 5 rings (SSSR count). The lowest BCUT2D eigenvalue weighted by molar-refractivity contribution is -0.119. The molecule has 1 atom stereocenters. The second-order valence-electron chi connectivity index (χ2n) is 7.08. The molecular formula is C24H17FN4O2. The number of rotatable bonds is 4. The van der Waals surface area contributed by atoms with Gasteiger partial charge in [-0.05, 0) is 17.7 Å². The Labute approximate surface area is 177 Å². The van der Waals surface area contributed by atoms with E-state index < -0.39 is 12.0 Å². The van der Waals surface area contributed by atoms with E-state index in [-0.39, 0.29) is 29.7 Å². The van der Waals surface area contributed by atoms with Crippen LogP contribution in [0.5, 0.6) is 0 Å². The van der Waals surface area contributed by atoms with Crippen LogP contribution in [-0.2, 0) is 11.2 Å². The third kappa shape index (κ3) is 3.73. The lowest BCUT2D eigenvalue weighted by Gasteiger charge is -2.11. The molecule has 0 spiro atoms. The smallest absolute Gasteiger partial charge is 0.317 e. The molecule has 1 aliphatic rings. The van der Waals surface area contributed by atoms with Crippen LogP contribution < -0.4 is 5.32 Å². The zero-order valence-electron chi connectivity index (χ0n) is 16.3. The highest BCUT2D eigenvalue weighted by atomic mass is 19.1. The van der Waals surface area contributed by atoms with Crippen LogP contribution in [0.3, 0.4) is 0 Å². The summed E-state index contributed by atoms with van der Waals surface area (Å²) in [6.45, 7) is 0. The van der Waals surface area contributed by atoms with E-state index in [1.807, 2.05) is 54.6 Å². The first-order valence-corrected chi connectivity index (χ1v) is 9.78. The van der Waals surface area contributed by atoms with Crippen LogP contribution in [0.2, 0.25) is 0 Å². The Morgan fingerprint density at radius 1 is 0.871 bits per heavy atom. The van der Waals surface area contributed by atoms with Gasteiger partial charge in [-0.25, -0.2) is 4.39 Å². The lowest BCUT2D eigenvalue weighted by atomic mass is 9.96. The van der Waals surface area contributed by atoms with Crippen LogP contribution in [0.4, 0.5) is 10.4 Å². The summed E-state index contributed by atoms with van der Waals surface area (Å²) >= 11 is 0. The predicted molar refractivity (Wildman–Crippen MR) is 114 cm³/mol. The molecule has 0 amide bonds. The third-order valence-corrected chi connectivity index (χ3v) is 5.04. The molecule has 1 N–H and O–H groups in total. The van der Waals surface area contributed by atoms with Gasteiger partial charge in [-0.3, -0.25) is 9.79 Å². The highest BCUT2D eigenvalue weighted by Crippen LogP contribution is 2.25. The van der Waals surface area contributed by atoms with E-state index in [0.717, 1.165) is 16.7 Å². The van der Waals surface area contributed by atoms with Gasteiger partial charge in [0, 0.05) is 17.5 Å². The van der Waals surface area contributed by atoms with Crippen molar-refractivity contribution in [2.24, 2.45) is 4.99 Å². The molecule has 4 aromatic rings. The normalized spacial score (nSPS) is 15.7. The van der Waals surface area contributed by atoms with Crippen LogP contribution in [0.1, 0.15) is 16.7 Å². The van der Waals surface area contributed by atoms with Crippen molar-refractivity contribution in [1.82, 2.24) is 10.2 Å². The summed E-state index contributed by atoms with van der Waals surface area (Å²) in [6, 6.07) is 23.5. The fourth-order valence-corrected chi connectivity index (χ4v) is 3.54. The molecule has 0 bridgehead atoms. The second kappa shape index (κ2) is 7.95. The largest absolute Gasteiger partial charge is 0.403 e. The summed E-state index contributed by atoms with van der Waals surface area (Å²) in [4.78, 5) is 17.7. The second-order valence-corrected chi connectivity index (χ2v) is 7.08. The summed E-state index contributed by atoms with van der Waals surface area (Å²) in [5.41, 5.74) is 3.60. The van der Waals surface area contributed by atoms with Gasteiger partial charge < -0.3 is 9.73 Å². The van der Waals surface area contributed by atoms with Crippen molar-refractivity contribution in [1.29, 1.82) is 0 Å². The third-order valence-electron chi connectivity index (χ3n) is 5.04. The quantitative estimate of drug-likeness (QED) is 0.541. The topological polar surface area (TPSA) is 80.4 Å². The number of carbonyl (C=O) groups excluding carboxylic acids is 1. The maximum atomic E-state index is 14.0. The molecule has 0 unspecified atom stereocenters. The molecule has 0 fully saturated rings. The number of aromatic nitrogens is 2. The first-order chi connectivity index (χ1) is 15.2. The number of carbonyl (C=O) groups is 1. The van der Waals surface area contributed by atoms with Gasteiger partial charge in [-0.1, -0.05) is 71.8 Å². The molecule has 2 heterocycles. The summed E-state index contributed by atoms with van der Waals surface area (Å²) in [5.74, 6) is -0.579. The van der Waals surface area contributed by atoms with Crippen molar-refractivity contribution in [3.8, 4) is 11.5 Å². The number of anilines is 1. The molecule has 31 heavy (non-hydrogen) atoms. The van der Waals surface area contributed by atoms with Gasteiger partial charge in [0.1, 0.15) is 5.82 Å². The fourth-order valence-electron chi connectivity index (χ4n) is 3.54. The van der Waals surface area contributed by atoms with Crippen LogP contribution in [0.25, 0.3) is 11.5 Å². The zero-order chi connectivity index (χ0) is 21.2. The fraction of sp³-hybridized carbons (Fsp3) is 0.0833. The van der Waals surface area contributed by atoms with Crippen molar-refractivity contribution >= 4 is 17.5 Å². The minimum Gasteiger partial charge on any atom is -0.403 e. The monoisotopic (exact) mass is 412 g/mol. The van der Waals surface area contributed by atoms with Gasteiger partial charge in [-0.2, -0.15) is 0 Å². The van der Waals surface area contributed by atoms with E-state index in [2.05, 4.69) is 15.5 Å². The lowest BCUT2D eigenvalue weighted by Crippen LogP contribution is -2.29. The number of hydrogen-bond acceptors (Lipinski definition) is 6. The van der Waals surface area contributed by atoms with E-state index in [4.69, 9.17) is 9.41 Å². The number of benzene rings is 3. The number of ketones is 1. The molecule has 1 aliphatic heterocycles. The van der Waals surface area contributed by atoms with Crippen molar-refractivity contribution in [2.45, 2.75) is 12.6 Å². The number of aliphatic imine (C=N–C) groups is 1. The number of Topliss-reactive ketones (excluding diaryl/α,β-unsaturated/α-hetero) is 1. The Kier molecular flexibility index (Phi) is 4.84. The average molecular weight is 412 g/mol. The molecule has 1 aromatic heterocycles. The Hall–Kier alpha value is -4.13. The van der Waals surface area contributed by atoms with E-state index in [1.165, 1.54) is 6.07 Å². The van der Waals surface area contributed by atoms with E-state index in [9.17, 15) is 9.18 Å². The molecule has 3 aromatic carbocycles. The molecule has 152 valence electrons. The SMILES string of the molecule is O=C1Cc2ccccc2C(c2ccccc2)=N[C@@H]1Nc1nnc(-c2ccccc2F)o1. The summed E-state index contributed by atoms with van der Waals surface area (Å²) in [5, 5.41) is 10.7. The van der Waals surface area contributed by atoms with Gasteiger partial charge in [0.05, 0.1) is 11.3 Å². The zero-order valence-corrected chi connectivity index (χ0v) is 16.3. The van der Waals surface area contributed by atoms with Gasteiger partial charge in [0.25, 0.3) is 5.89 Å². The van der Waals surface area contributed by atoms with Crippen molar-refractivity contribution < 1.29 is 13.6 Å². The Morgan fingerprint density at radius 3 is 2.39 bits per heavy atom. The Bertz CT molecular complexity index is 1280. The van der Waals surface area contributed by atoms with Gasteiger partial charge in [0.2, 0.25) is 0 Å². The van der Waals surface area contributed by atoms with Crippen LogP contribution in [-0.4, -0.2) is 27.9 Å². The highest BCUT2D eigenvalue weighted by Gasteiger charge is 2.27. The summed E-state index contributed by atoms with van der Waals surface area (Å²) in [6.07, 6.45) is -0.710. The Morgan fingerprint density at radius 2 is 1.58 bits per heavy atom. The number of halogens is 1. The van der Waals surface area contributed by atoms with Gasteiger partial charge >= 0.3 is 6.01 Å². The Balaban J connectivity index is 1.51. The van der Waals surface area contributed by atoms with E-state index >= 15 is 0 Å². The molecule has 6 nitrogen and oxygen atoms in total. The van der Waals surface area contributed by atoms with Crippen LogP contribution in [0.15, 0.2) is 88.3 Å². The standard InChI is InChI=1S/C24H17FN4O2/c25-19-13-7-6-12-18(19)23-28-29-24(31-23)27-22-20(30)14-16-10-4-5-11-17(16)21(26-22)15-8-2-1-3-9-15/h1-13,22H,14H2,(H,27,29)/t22-/m1/s1. The highest BCUT2D eigenvalue weighted by molar-refractivity contribution is 6.16. The van der Waals surface area contributed by atoms with Crippen molar-refractivity contribution in [3.05, 3.63) is 101 Å². The molecule has 0 radical (unpaired) electrons. The summed E-state index contributed by atoms with van der Waals surface area (Å²) in [7, 11) is 0. The van der Waals surface area contributed by atoms with Crippen LogP contribution >= 0.6 is 0 Å². The summed E-state index contributed by atoms with van der Waals surface area (Å²) < 4.78 is 19.6. The maximum absolute atomic E-state index is 14.0. The number of hydrogen-bond donors (Lipinski definition) is 1. The minimum atomic E-state index is -0.920. The van der Waals surface area contributed by atoms with Gasteiger partial charge in [-0.15, -0.1) is 5.10 Å². The van der Waals surface area contributed by atoms with Crippen molar-refractivity contribution in [2.75, 3.05) is 5.32 Å². The average Bonchev–Trinajstić information content (AvgIpc) is 3.21. The first kappa shape index (κ1) is 18.9. The minimum absolute atomic E-state index is 0.00118. The number of nitrogens with zero attached hydrogens (tertiary/aromatic N) is 3. The number of nitrogens with one attached hydrogen (secondary N) is 1. The maximum Gasteiger partial charge on any atom is 0.317 e. The molecular weight excluding hydrogens is 395 g/mol. The first-order valence-electron chi connectivity index (χ1n) is 9.78. The molecule has 7 heteroatoms. The number of fused-ring (bicyclic) bond motifs is 1. The van der Waals surface area contributed by atoms with E-state index in [0.29, 0.717) is 5.71 Å². The predicted octanol–water partition coefficient (Wildman–Crippen LogP) is 4.28. The van der Waals surface area contributed by atoms with Crippen molar-refractivity contribution in [3.63, 3.8) is 0 Å². The molecule has 0 aliphatic carbocycles. The molecule has 0 saturated carbocycles. The van der Waals surface area contributed by atoms with Crippen LogP contribution in [0, 0.1) is 5.82 Å². The van der Waals surface area contributed by atoms with Gasteiger partial charge in [0.15, 0.2) is 11.9 Å².